The first-order valence-electron chi connectivity index (χ1n) is 4.57. The maximum atomic E-state index is 12.6. The number of ketones is 1. The third-order valence-electron chi connectivity index (χ3n) is 2.15. The summed E-state index contributed by atoms with van der Waals surface area (Å²) in [4.78, 5) is 11.2. The number of Topliss-reactive ketones (excluding diaryl/α,β-unsaturated/α-hetero) is 1. The smallest absolute Gasteiger partial charge is 0.369 e. The standard InChI is InChI=1S/C11H11F3O2/c1-7(15)10(16-2)8-5-3-4-6-9(8)11(12,13)14/h3-6,10H,1-2H3. The van der Waals surface area contributed by atoms with Gasteiger partial charge in [-0.25, -0.2) is 0 Å². The fraction of sp³-hybridized carbons (Fsp3) is 0.364. The lowest BCUT2D eigenvalue weighted by molar-refractivity contribution is -0.140. The molecule has 0 N–H and O–H groups in total. The monoisotopic (exact) mass is 232 g/mol. The van der Waals surface area contributed by atoms with Crippen LogP contribution in [-0.2, 0) is 15.7 Å². The zero-order chi connectivity index (χ0) is 12.3. The Kier molecular flexibility index (Phi) is 3.70. The van der Waals surface area contributed by atoms with Gasteiger partial charge in [0, 0.05) is 12.7 Å². The number of ether oxygens (including phenoxy) is 1. The van der Waals surface area contributed by atoms with Crippen LogP contribution in [0.3, 0.4) is 0 Å². The number of rotatable bonds is 3. The molecule has 1 aromatic carbocycles. The molecule has 0 heterocycles. The highest BCUT2D eigenvalue weighted by molar-refractivity contribution is 5.82. The van der Waals surface area contributed by atoms with Gasteiger partial charge in [0.05, 0.1) is 5.56 Å². The summed E-state index contributed by atoms with van der Waals surface area (Å²) in [5.74, 6) is -0.459. The van der Waals surface area contributed by atoms with Crippen molar-refractivity contribution in [3.05, 3.63) is 35.4 Å². The quantitative estimate of drug-likeness (QED) is 0.800. The Morgan fingerprint density at radius 1 is 1.31 bits per heavy atom. The lowest BCUT2D eigenvalue weighted by Gasteiger charge is -2.18. The van der Waals surface area contributed by atoms with E-state index in [1.807, 2.05) is 0 Å². The van der Waals surface area contributed by atoms with Crippen molar-refractivity contribution in [3.63, 3.8) is 0 Å². The summed E-state index contributed by atoms with van der Waals surface area (Å²) in [6, 6.07) is 4.90. The zero-order valence-electron chi connectivity index (χ0n) is 8.84. The number of methoxy groups -OCH3 is 1. The van der Waals surface area contributed by atoms with Crippen molar-refractivity contribution in [2.45, 2.75) is 19.2 Å². The predicted octanol–water partition coefficient (Wildman–Crippen LogP) is 2.98. The van der Waals surface area contributed by atoms with Crippen LogP contribution in [0.1, 0.15) is 24.2 Å². The van der Waals surface area contributed by atoms with E-state index in [1.165, 1.54) is 32.2 Å². The Labute approximate surface area is 91.0 Å². The maximum absolute atomic E-state index is 12.6. The Morgan fingerprint density at radius 3 is 2.31 bits per heavy atom. The van der Waals surface area contributed by atoms with Gasteiger partial charge in [-0.1, -0.05) is 18.2 Å². The van der Waals surface area contributed by atoms with Crippen molar-refractivity contribution in [1.29, 1.82) is 0 Å². The van der Waals surface area contributed by atoms with Gasteiger partial charge in [-0.3, -0.25) is 4.79 Å². The van der Waals surface area contributed by atoms with Crippen molar-refractivity contribution >= 4 is 5.78 Å². The van der Waals surface area contributed by atoms with E-state index >= 15 is 0 Å². The molecule has 0 aliphatic rings. The first-order chi connectivity index (χ1) is 7.38. The minimum Gasteiger partial charge on any atom is -0.369 e. The molecule has 1 rings (SSSR count). The van der Waals surface area contributed by atoms with Crippen molar-refractivity contribution in [3.8, 4) is 0 Å². The van der Waals surface area contributed by atoms with Crippen molar-refractivity contribution < 1.29 is 22.7 Å². The molecule has 0 aromatic heterocycles. The molecule has 0 saturated heterocycles. The van der Waals surface area contributed by atoms with E-state index in [0.717, 1.165) is 6.07 Å². The minimum atomic E-state index is -4.48. The lowest BCUT2D eigenvalue weighted by atomic mass is 9.99. The molecule has 5 heteroatoms. The van der Waals surface area contributed by atoms with Gasteiger partial charge in [-0.15, -0.1) is 0 Å². The average molecular weight is 232 g/mol. The van der Waals surface area contributed by atoms with E-state index < -0.39 is 23.6 Å². The Balaban J connectivity index is 3.27. The van der Waals surface area contributed by atoms with Gasteiger partial charge in [0.25, 0.3) is 0 Å². The normalized spacial score (nSPS) is 13.6. The van der Waals surface area contributed by atoms with Crippen LogP contribution >= 0.6 is 0 Å². The predicted molar refractivity (Wildman–Crippen MR) is 51.9 cm³/mol. The Morgan fingerprint density at radius 2 is 1.88 bits per heavy atom. The summed E-state index contributed by atoms with van der Waals surface area (Å²) in [5.41, 5.74) is -0.984. The second kappa shape index (κ2) is 4.65. The van der Waals surface area contributed by atoms with Crippen molar-refractivity contribution in [1.82, 2.24) is 0 Å². The highest BCUT2D eigenvalue weighted by Gasteiger charge is 2.35. The third kappa shape index (κ3) is 2.61. The molecule has 1 unspecified atom stereocenters. The van der Waals surface area contributed by atoms with E-state index in [0.29, 0.717) is 0 Å². The van der Waals surface area contributed by atoms with E-state index in [2.05, 4.69) is 0 Å². The summed E-state index contributed by atoms with van der Waals surface area (Å²) in [7, 11) is 1.21. The fourth-order valence-electron chi connectivity index (χ4n) is 1.50. The molecule has 16 heavy (non-hydrogen) atoms. The second-order valence-electron chi connectivity index (χ2n) is 3.31. The van der Waals surface area contributed by atoms with Crippen LogP contribution in [0.4, 0.5) is 13.2 Å². The van der Waals surface area contributed by atoms with E-state index in [4.69, 9.17) is 4.74 Å². The molecule has 0 saturated carbocycles. The number of carbonyl (C=O) groups excluding carboxylic acids is 1. The van der Waals surface area contributed by atoms with Crippen LogP contribution in [0.5, 0.6) is 0 Å². The molecule has 0 amide bonds. The van der Waals surface area contributed by atoms with Crippen LogP contribution < -0.4 is 0 Å². The van der Waals surface area contributed by atoms with Gasteiger partial charge in [-0.2, -0.15) is 13.2 Å². The zero-order valence-corrected chi connectivity index (χ0v) is 8.84. The van der Waals surface area contributed by atoms with Crippen LogP contribution in [0.15, 0.2) is 24.3 Å². The van der Waals surface area contributed by atoms with Gasteiger partial charge in [0.1, 0.15) is 6.10 Å². The first-order valence-corrected chi connectivity index (χ1v) is 4.57. The Bertz CT molecular complexity index is 385. The van der Waals surface area contributed by atoms with Crippen LogP contribution in [0.25, 0.3) is 0 Å². The lowest BCUT2D eigenvalue weighted by Crippen LogP contribution is -2.17. The van der Waals surface area contributed by atoms with Gasteiger partial charge in [0.15, 0.2) is 5.78 Å². The largest absolute Gasteiger partial charge is 0.416 e. The van der Waals surface area contributed by atoms with E-state index in [9.17, 15) is 18.0 Å². The SMILES string of the molecule is COC(C(C)=O)c1ccccc1C(F)(F)F. The molecule has 0 aliphatic carbocycles. The molecule has 1 aromatic rings. The molecular weight excluding hydrogens is 221 g/mol. The first kappa shape index (κ1) is 12.7. The van der Waals surface area contributed by atoms with Crippen molar-refractivity contribution in [2.24, 2.45) is 0 Å². The number of halogens is 3. The number of hydrogen-bond donors (Lipinski definition) is 0. The molecular formula is C11H11F3O2. The maximum Gasteiger partial charge on any atom is 0.416 e. The molecule has 0 fully saturated rings. The van der Waals surface area contributed by atoms with Gasteiger partial charge >= 0.3 is 6.18 Å². The Hall–Kier alpha value is -1.36. The number of benzene rings is 1. The average Bonchev–Trinajstić information content (AvgIpc) is 2.17. The van der Waals surface area contributed by atoms with Gasteiger partial charge in [-0.05, 0) is 13.0 Å². The molecule has 2 nitrogen and oxygen atoms in total. The minimum absolute atomic E-state index is 0.148. The molecule has 0 aliphatic heterocycles. The molecule has 0 spiro atoms. The summed E-state index contributed by atoms with van der Waals surface area (Å²) in [5, 5.41) is 0. The van der Waals surface area contributed by atoms with Crippen LogP contribution in [-0.4, -0.2) is 12.9 Å². The summed E-state index contributed by atoms with van der Waals surface area (Å²) in [6.45, 7) is 1.20. The second-order valence-corrected chi connectivity index (χ2v) is 3.31. The summed E-state index contributed by atoms with van der Waals surface area (Å²) < 4.78 is 42.7. The van der Waals surface area contributed by atoms with Crippen LogP contribution in [0.2, 0.25) is 0 Å². The molecule has 1 atom stereocenters. The van der Waals surface area contributed by atoms with E-state index in [-0.39, 0.29) is 5.56 Å². The number of alkyl halides is 3. The highest BCUT2D eigenvalue weighted by Crippen LogP contribution is 2.35. The fourth-order valence-corrected chi connectivity index (χ4v) is 1.50. The summed E-state index contributed by atoms with van der Waals surface area (Å²) >= 11 is 0. The molecule has 0 radical (unpaired) electrons. The van der Waals surface area contributed by atoms with E-state index in [1.54, 1.807) is 0 Å². The number of hydrogen-bond acceptors (Lipinski definition) is 2. The van der Waals surface area contributed by atoms with Gasteiger partial charge in [0.2, 0.25) is 0 Å². The summed E-state index contributed by atoms with van der Waals surface area (Å²) in [6.07, 6.45) is -5.65. The van der Waals surface area contributed by atoms with Gasteiger partial charge < -0.3 is 4.74 Å². The topological polar surface area (TPSA) is 26.3 Å². The molecule has 88 valence electrons. The third-order valence-corrected chi connectivity index (χ3v) is 2.15. The van der Waals surface area contributed by atoms with Crippen molar-refractivity contribution in [2.75, 3.05) is 7.11 Å². The number of carbonyl (C=O) groups is 1. The molecule has 0 bridgehead atoms. The van der Waals surface area contributed by atoms with Crippen LogP contribution in [0, 0.1) is 0 Å². The highest BCUT2D eigenvalue weighted by atomic mass is 19.4.